The van der Waals surface area contributed by atoms with Gasteiger partial charge in [-0.15, -0.1) is 0 Å². The van der Waals surface area contributed by atoms with E-state index in [4.69, 9.17) is 9.47 Å². The number of amides is 1. The Labute approximate surface area is 156 Å². The zero-order chi connectivity index (χ0) is 17.6. The van der Waals surface area contributed by atoms with Crippen molar-refractivity contribution < 1.29 is 14.3 Å². The van der Waals surface area contributed by atoms with Crippen molar-refractivity contribution in [1.29, 1.82) is 0 Å². The molecule has 2 aromatic rings. The third-order valence-corrected chi connectivity index (χ3v) is 4.93. The largest absolute Gasteiger partial charge is 0.490 e. The van der Waals surface area contributed by atoms with Gasteiger partial charge < -0.3 is 14.4 Å². The second-order valence-electron chi connectivity index (χ2n) is 6.06. The van der Waals surface area contributed by atoms with Gasteiger partial charge in [-0.1, -0.05) is 46.3 Å². The summed E-state index contributed by atoms with van der Waals surface area (Å²) < 4.78 is 12.5. The van der Waals surface area contributed by atoms with E-state index in [1.54, 1.807) is 4.90 Å². The number of likely N-dealkylation sites (tertiary alicyclic amines) is 1. The fraction of sp³-hybridized carbons (Fsp3) is 0.350. The maximum atomic E-state index is 12.1. The van der Waals surface area contributed by atoms with E-state index in [9.17, 15) is 4.79 Å². The van der Waals surface area contributed by atoms with Crippen LogP contribution < -0.4 is 4.74 Å². The number of nitrogens with zero attached hydrogens (tertiary/aromatic N) is 1. The van der Waals surface area contributed by atoms with Crippen LogP contribution >= 0.6 is 15.9 Å². The smallest absolute Gasteiger partial charge is 0.409 e. The molecule has 5 heteroatoms. The van der Waals surface area contributed by atoms with E-state index < -0.39 is 0 Å². The quantitative estimate of drug-likeness (QED) is 0.732. The summed E-state index contributed by atoms with van der Waals surface area (Å²) in [4.78, 5) is 13.9. The normalized spacial score (nSPS) is 20.2. The van der Waals surface area contributed by atoms with E-state index in [1.165, 1.54) is 5.56 Å². The molecule has 0 aliphatic carbocycles. The molecule has 1 aliphatic heterocycles. The van der Waals surface area contributed by atoms with Crippen LogP contribution in [0.15, 0.2) is 59.1 Å². The molecule has 0 saturated carbocycles. The zero-order valence-electron chi connectivity index (χ0n) is 14.2. The summed E-state index contributed by atoms with van der Waals surface area (Å²) >= 11 is 3.44. The zero-order valence-corrected chi connectivity index (χ0v) is 15.8. The first-order valence-corrected chi connectivity index (χ1v) is 9.35. The molecule has 0 radical (unpaired) electrons. The van der Waals surface area contributed by atoms with E-state index in [2.05, 4.69) is 28.1 Å². The van der Waals surface area contributed by atoms with Gasteiger partial charge in [-0.3, -0.25) is 0 Å². The molecule has 4 nitrogen and oxygen atoms in total. The number of rotatable bonds is 4. The molecular weight excluding hydrogens is 382 g/mol. The van der Waals surface area contributed by atoms with Gasteiger partial charge in [0.05, 0.1) is 6.61 Å². The van der Waals surface area contributed by atoms with Crippen molar-refractivity contribution >= 4 is 22.0 Å². The number of hydrogen-bond donors (Lipinski definition) is 0. The van der Waals surface area contributed by atoms with Crippen LogP contribution in [-0.2, 0) is 4.74 Å². The van der Waals surface area contributed by atoms with Crippen LogP contribution in [0.5, 0.6) is 5.75 Å². The predicted octanol–water partition coefficient (Wildman–Crippen LogP) is 4.84. The minimum Gasteiger partial charge on any atom is -0.490 e. The van der Waals surface area contributed by atoms with Crippen LogP contribution in [0, 0.1) is 0 Å². The van der Waals surface area contributed by atoms with Gasteiger partial charge >= 0.3 is 6.09 Å². The highest BCUT2D eigenvalue weighted by Crippen LogP contribution is 2.31. The number of benzene rings is 2. The summed E-state index contributed by atoms with van der Waals surface area (Å²) in [6.45, 7) is 3.47. The maximum absolute atomic E-state index is 12.1. The number of halogens is 1. The average molecular weight is 404 g/mol. The number of carbonyl (C=O) groups is 1. The Hall–Kier alpha value is -2.01. The number of hydrogen-bond acceptors (Lipinski definition) is 3. The molecule has 1 heterocycles. The second-order valence-corrected chi connectivity index (χ2v) is 6.98. The van der Waals surface area contributed by atoms with Gasteiger partial charge in [0.25, 0.3) is 0 Å². The maximum Gasteiger partial charge on any atom is 0.409 e. The van der Waals surface area contributed by atoms with Gasteiger partial charge in [0, 0.05) is 29.9 Å². The van der Waals surface area contributed by atoms with Gasteiger partial charge in [-0.05, 0) is 36.8 Å². The summed E-state index contributed by atoms with van der Waals surface area (Å²) in [6.07, 6.45) is 0.550. The summed E-state index contributed by atoms with van der Waals surface area (Å²) in [5, 5.41) is 0. The first-order chi connectivity index (χ1) is 12.2. The van der Waals surface area contributed by atoms with Crippen molar-refractivity contribution in [3.63, 3.8) is 0 Å². The minimum atomic E-state index is -0.245. The molecule has 0 spiro atoms. The van der Waals surface area contributed by atoms with E-state index in [0.29, 0.717) is 19.7 Å². The highest BCUT2D eigenvalue weighted by Gasteiger charge is 2.34. The van der Waals surface area contributed by atoms with E-state index >= 15 is 0 Å². The predicted molar refractivity (Wildman–Crippen MR) is 101 cm³/mol. The van der Waals surface area contributed by atoms with Crippen molar-refractivity contribution in [3.8, 4) is 5.75 Å². The molecule has 132 valence electrons. The molecule has 2 aromatic carbocycles. The Morgan fingerprint density at radius 3 is 2.56 bits per heavy atom. The Morgan fingerprint density at radius 1 is 1.16 bits per heavy atom. The van der Waals surface area contributed by atoms with Crippen LogP contribution in [0.1, 0.15) is 24.8 Å². The van der Waals surface area contributed by atoms with Crippen LogP contribution in [0.3, 0.4) is 0 Å². The van der Waals surface area contributed by atoms with E-state index in [-0.39, 0.29) is 18.1 Å². The molecule has 0 aromatic heterocycles. The van der Waals surface area contributed by atoms with Crippen molar-refractivity contribution in [2.24, 2.45) is 0 Å². The fourth-order valence-electron chi connectivity index (χ4n) is 3.16. The summed E-state index contributed by atoms with van der Waals surface area (Å²) in [7, 11) is 0. The van der Waals surface area contributed by atoms with Gasteiger partial charge in [0.1, 0.15) is 11.9 Å². The average Bonchev–Trinajstić information content (AvgIpc) is 2.65. The van der Waals surface area contributed by atoms with Gasteiger partial charge in [-0.2, -0.15) is 0 Å². The first kappa shape index (κ1) is 17.8. The lowest BCUT2D eigenvalue weighted by Crippen LogP contribution is -2.47. The van der Waals surface area contributed by atoms with Crippen LogP contribution in [0.2, 0.25) is 0 Å². The van der Waals surface area contributed by atoms with E-state index in [0.717, 1.165) is 16.6 Å². The van der Waals surface area contributed by atoms with Crippen molar-refractivity contribution in [2.45, 2.75) is 25.4 Å². The second kappa shape index (κ2) is 8.39. The van der Waals surface area contributed by atoms with Gasteiger partial charge in [0.15, 0.2) is 0 Å². The monoisotopic (exact) mass is 403 g/mol. The molecule has 1 amide bonds. The summed E-state index contributed by atoms with van der Waals surface area (Å²) in [6, 6.07) is 18.1. The topological polar surface area (TPSA) is 38.8 Å². The minimum absolute atomic E-state index is 0.0225. The third kappa shape index (κ3) is 4.54. The number of piperidine rings is 1. The van der Waals surface area contributed by atoms with Crippen LogP contribution in [-0.4, -0.2) is 36.8 Å². The van der Waals surface area contributed by atoms with Gasteiger partial charge in [0.2, 0.25) is 0 Å². The molecule has 0 bridgehead atoms. The molecule has 25 heavy (non-hydrogen) atoms. The van der Waals surface area contributed by atoms with Crippen molar-refractivity contribution in [1.82, 2.24) is 4.90 Å². The Kier molecular flexibility index (Phi) is 5.97. The molecule has 0 unspecified atom stereocenters. The standard InChI is InChI=1S/C20H22BrNO3/c1-2-24-20(23)22-13-12-19(25-17-10-8-16(21)9-11-17)18(14-22)15-6-4-3-5-7-15/h3-11,18-19H,2,12-14H2,1H3/t18-,19-/m0/s1. The molecule has 2 atom stereocenters. The lowest BCUT2D eigenvalue weighted by atomic mass is 9.88. The highest BCUT2D eigenvalue weighted by molar-refractivity contribution is 9.10. The SMILES string of the molecule is CCOC(=O)N1CC[C@H](Oc2ccc(Br)cc2)[C@H](c2ccccc2)C1. The Balaban J connectivity index is 1.79. The number of carbonyl (C=O) groups excluding carboxylic acids is 1. The Bertz CT molecular complexity index is 690. The third-order valence-electron chi connectivity index (χ3n) is 4.40. The van der Waals surface area contributed by atoms with Crippen LogP contribution in [0.25, 0.3) is 0 Å². The van der Waals surface area contributed by atoms with Crippen molar-refractivity contribution in [2.75, 3.05) is 19.7 Å². The molecule has 0 N–H and O–H groups in total. The fourth-order valence-corrected chi connectivity index (χ4v) is 3.42. The van der Waals surface area contributed by atoms with E-state index in [1.807, 2.05) is 49.4 Å². The summed E-state index contributed by atoms with van der Waals surface area (Å²) in [5.41, 5.74) is 1.18. The molecule has 3 rings (SSSR count). The lowest BCUT2D eigenvalue weighted by molar-refractivity contribution is 0.0574. The lowest BCUT2D eigenvalue weighted by Gasteiger charge is -2.38. The van der Waals surface area contributed by atoms with Gasteiger partial charge in [-0.25, -0.2) is 4.79 Å². The number of ether oxygens (including phenoxy) is 2. The highest BCUT2D eigenvalue weighted by atomic mass is 79.9. The van der Waals surface area contributed by atoms with Crippen LogP contribution in [0.4, 0.5) is 4.79 Å². The summed E-state index contributed by atoms with van der Waals surface area (Å²) in [5.74, 6) is 0.960. The molecular formula is C20H22BrNO3. The molecule has 1 saturated heterocycles. The molecule has 1 fully saturated rings. The van der Waals surface area contributed by atoms with Crippen molar-refractivity contribution in [3.05, 3.63) is 64.6 Å². The Morgan fingerprint density at radius 2 is 1.88 bits per heavy atom. The first-order valence-electron chi connectivity index (χ1n) is 8.56. The molecule has 1 aliphatic rings.